The van der Waals surface area contributed by atoms with E-state index in [2.05, 4.69) is 15.3 Å². The van der Waals surface area contributed by atoms with Crippen molar-refractivity contribution < 1.29 is 9.84 Å². The predicted molar refractivity (Wildman–Crippen MR) is 71.8 cm³/mol. The highest BCUT2D eigenvalue weighted by Crippen LogP contribution is 2.23. The third kappa shape index (κ3) is 4.64. The number of nitrogens with two attached hydrogens (primary N) is 1. The van der Waals surface area contributed by atoms with Crippen LogP contribution in [0.1, 0.15) is 19.2 Å². The molecule has 0 bridgehead atoms. The Morgan fingerprint density at radius 2 is 2.17 bits per heavy atom. The third-order valence-electron chi connectivity index (χ3n) is 2.19. The fourth-order valence-corrected chi connectivity index (χ4v) is 1.55. The number of aryl methyl sites for hydroxylation is 1. The quantitative estimate of drug-likeness (QED) is 0.485. The first-order valence-electron chi connectivity index (χ1n) is 5.93. The zero-order valence-corrected chi connectivity index (χ0v) is 11.2. The fourth-order valence-electron chi connectivity index (χ4n) is 1.36. The SMILES string of the molecule is CCCc1nc(Cl)c(N)c(NCCOCCO)n1. The van der Waals surface area contributed by atoms with Crippen molar-refractivity contribution in [1.82, 2.24) is 9.97 Å². The van der Waals surface area contributed by atoms with Crippen LogP contribution in [-0.4, -0.2) is 41.4 Å². The van der Waals surface area contributed by atoms with E-state index in [4.69, 9.17) is 27.2 Å². The van der Waals surface area contributed by atoms with Gasteiger partial charge in [-0.1, -0.05) is 18.5 Å². The first-order chi connectivity index (χ1) is 8.69. The molecule has 1 rings (SSSR count). The highest BCUT2D eigenvalue weighted by atomic mass is 35.5. The molecule has 0 saturated carbocycles. The fraction of sp³-hybridized carbons (Fsp3) is 0.636. The summed E-state index contributed by atoms with van der Waals surface area (Å²) in [6.45, 7) is 3.39. The number of nitrogens with zero attached hydrogens (tertiary/aromatic N) is 2. The molecule has 102 valence electrons. The lowest BCUT2D eigenvalue weighted by molar-refractivity contribution is 0.0992. The van der Waals surface area contributed by atoms with E-state index in [0.29, 0.717) is 37.1 Å². The van der Waals surface area contributed by atoms with E-state index in [1.165, 1.54) is 0 Å². The topological polar surface area (TPSA) is 93.3 Å². The lowest BCUT2D eigenvalue weighted by Crippen LogP contribution is -2.14. The molecule has 0 atom stereocenters. The Labute approximate surface area is 112 Å². The van der Waals surface area contributed by atoms with E-state index in [9.17, 15) is 0 Å². The van der Waals surface area contributed by atoms with E-state index >= 15 is 0 Å². The summed E-state index contributed by atoms with van der Waals surface area (Å²) >= 11 is 5.94. The highest BCUT2D eigenvalue weighted by Gasteiger charge is 2.09. The van der Waals surface area contributed by atoms with Gasteiger partial charge in [-0.05, 0) is 6.42 Å². The number of aromatic nitrogens is 2. The summed E-state index contributed by atoms with van der Waals surface area (Å²) in [5.41, 5.74) is 6.13. The summed E-state index contributed by atoms with van der Waals surface area (Å²) in [4.78, 5) is 8.41. The molecule has 1 aromatic rings. The molecule has 1 heterocycles. The van der Waals surface area contributed by atoms with E-state index in [1.807, 2.05) is 6.92 Å². The summed E-state index contributed by atoms with van der Waals surface area (Å²) in [5, 5.41) is 11.9. The molecule has 1 aromatic heterocycles. The third-order valence-corrected chi connectivity index (χ3v) is 2.48. The van der Waals surface area contributed by atoms with E-state index in [1.54, 1.807) is 0 Å². The number of hydrogen-bond acceptors (Lipinski definition) is 6. The minimum Gasteiger partial charge on any atom is -0.394 e. The second-order valence-electron chi connectivity index (χ2n) is 3.71. The monoisotopic (exact) mass is 274 g/mol. The number of aliphatic hydroxyl groups is 1. The average Bonchev–Trinajstić information content (AvgIpc) is 2.35. The molecule has 0 aliphatic carbocycles. The van der Waals surface area contributed by atoms with Crippen LogP contribution >= 0.6 is 11.6 Å². The molecule has 4 N–H and O–H groups in total. The minimum absolute atomic E-state index is 0.0160. The maximum Gasteiger partial charge on any atom is 0.157 e. The van der Waals surface area contributed by atoms with Gasteiger partial charge in [0.2, 0.25) is 0 Å². The first kappa shape index (κ1) is 14.9. The van der Waals surface area contributed by atoms with Gasteiger partial charge in [-0.3, -0.25) is 0 Å². The molecule has 0 radical (unpaired) electrons. The molecule has 0 fully saturated rings. The van der Waals surface area contributed by atoms with Crippen LogP contribution in [0.15, 0.2) is 0 Å². The lowest BCUT2D eigenvalue weighted by Gasteiger charge is -2.11. The van der Waals surface area contributed by atoms with Gasteiger partial charge in [0, 0.05) is 13.0 Å². The van der Waals surface area contributed by atoms with E-state index in [-0.39, 0.29) is 11.8 Å². The Morgan fingerprint density at radius 3 is 2.83 bits per heavy atom. The van der Waals surface area contributed by atoms with Crippen LogP contribution < -0.4 is 11.1 Å². The molecular formula is C11H19ClN4O2. The largest absolute Gasteiger partial charge is 0.394 e. The van der Waals surface area contributed by atoms with Gasteiger partial charge in [-0.25, -0.2) is 9.97 Å². The highest BCUT2D eigenvalue weighted by molar-refractivity contribution is 6.32. The first-order valence-corrected chi connectivity index (χ1v) is 6.31. The van der Waals surface area contributed by atoms with Gasteiger partial charge >= 0.3 is 0 Å². The van der Waals surface area contributed by atoms with Gasteiger partial charge in [-0.15, -0.1) is 0 Å². The molecule has 0 aliphatic rings. The summed E-state index contributed by atoms with van der Waals surface area (Å²) < 4.78 is 5.12. The Kier molecular flexibility index (Phi) is 6.70. The average molecular weight is 275 g/mol. The summed E-state index contributed by atoms with van der Waals surface area (Å²) in [5.74, 6) is 1.21. The Balaban J connectivity index is 2.57. The summed E-state index contributed by atoms with van der Waals surface area (Å²) in [7, 11) is 0. The lowest BCUT2D eigenvalue weighted by atomic mass is 10.3. The van der Waals surface area contributed by atoms with Crippen LogP contribution in [0.3, 0.4) is 0 Å². The van der Waals surface area contributed by atoms with Crippen molar-refractivity contribution in [2.45, 2.75) is 19.8 Å². The smallest absolute Gasteiger partial charge is 0.157 e. The van der Waals surface area contributed by atoms with E-state index < -0.39 is 0 Å². The van der Waals surface area contributed by atoms with Crippen molar-refractivity contribution in [3.63, 3.8) is 0 Å². The zero-order valence-electron chi connectivity index (χ0n) is 10.4. The van der Waals surface area contributed by atoms with Crippen LogP contribution in [-0.2, 0) is 11.2 Å². The molecule has 0 saturated heterocycles. The molecular weight excluding hydrogens is 256 g/mol. The Morgan fingerprint density at radius 1 is 1.39 bits per heavy atom. The number of halogens is 1. The summed E-state index contributed by atoms with van der Waals surface area (Å²) in [6, 6.07) is 0. The van der Waals surface area contributed by atoms with Crippen molar-refractivity contribution in [2.24, 2.45) is 0 Å². The second kappa shape index (κ2) is 8.07. The molecule has 0 aromatic carbocycles. The standard InChI is InChI=1S/C11H19ClN4O2/c1-2-3-8-15-10(12)9(13)11(16-8)14-4-6-18-7-5-17/h17H,2-7,13H2,1H3,(H,14,15,16). The number of rotatable bonds is 8. The minimum atomic E-state index is 0.0160. The number of nitrogens with one attached hydrogen (secondary N) is 1. The van der Waals surface area contributed by atoms with Crippen molar-refractivity contribution >= 4 is 23.1 Å². The van der Waals surface area contributed by atoms with Crippen LogP contribution in [0.2, 0.25) is 5.15 Å². The Hall–Kier alpha value is -1.11. The van der Waals surface area contributed by atoms with Crippen molar-refractivity contribution in [3.05, 3.63) is 11.0 Å². The van der Waals surface area contributed by atoms with Crippen LogP contribution in [0, 0.1) is 0 Å². The van der Waals surface area contributed by atoms with Gasteiger partial charge in [0.15, 0.2) is 11.0 Å². The molecule has 0 aliphatic heterocycles. The summed E-state index contributed by atoms with van der Waals surface area (Å²) in [6.07, 6.45) is 1.70. The normalized spacial score (nSPS) is 10.6. The van der Waals surface area contributed by atoms with Crippen LogP contribution in [0.4, 0.5) is 11.5 Å². The number of aliphatic hydroxyl groups excluding tert-OH is 1. The van der Waals surface area contributed by atoms with E-state index in [0.717, 1.165) is 12.8 Å². The molecule has 0 amide bonds. The molecule has 7 heteroatoms. The van der Waals surface area contributed by atoms with Crippen molar-refractivity contribution in [3.8, 4) is 0 Å². The van der Waals surface area contributed by atoms with Crippen molar-refractivity contribution in [2.75, 3.05) is 37.4 Å². The predicted octanol–water partition coefficient (Wildman–Crippen LogP) is 1.09. The van der Waals surface area contributed by atoms with Gasteiger partial charge in [0.25, 0.3) is 0 Å². The molecule has 6 nitrogen and oxygen atoms in total. The number of nitrogen functional groups attached to an aromatic ring is 1. The molecule has 0 unspecified atom stereocenters. The maximum absolute atomic E-state index is 8.56. The van der Waals surface area contributed by atoms with Crippen molar-refractivity contribution in [1.29, 1.82) is 0 Å². The van der Waals surface area contributed by atoms with Gasteiger partial charge in [0.1, 0.15) is 11.5 Å². The zero-order chi connectivity index (χ0) is 13.4. The number of ether oxygens (including phenoxy) is 1. The maximum atomic E-state index is 8.56. The van der Waals surface area contributed by atoms with Gasteiger partial charge < -0.3 is 20.9 Å². The number of anilines is 2. The van der Waals surface area contributed by atoms with Crippen LogP contribution in [0.5, 0.6) is 0 Å². The van der Waals surface area contributed by atoms with Gasteiger partial charge in [0.05, 0.1) is 19.8 Å². The molecule has 0 spiro atoms. The second-order valence-corrected chi connectivity index (χ2v) is 4.06. The van der Waals surface area contributed by atoms with Gasteiger partial charge in [-0.2, -0.15) is 0 Å². The Bertz CT molecular complexity index is 376. The number of hydrogen-bond donors (Lipinski definition) is 3. The van der Waals surface area contributed by atoms with Crippen LogP contribution in [0.25, 0.3) is 0 Å². The molecule has 18 heavy (non-hydrogen) atoms.